The van der Waals surface area contributed by atoms with Crippen LogP contribution in [0.25, 0.3) is 58.7 Å². The van der Waals surface area contributed by atoms with Gasteiger partial charge in [0, 0.05) is 37.6 Å². The van der Waals surface area contributed by atoms with Gasteiger partial charge in [-0.25, -0.2) is 4.98 Å². The minimum atomic E-state index is -0.234. The quantitative estimate of drug-likeness (QED) is 0.209. The number of imidazole rings is 1. The van der Waals surface area contributed by atoms with E-state index in [2.05, 4.69) is 151 Å². The van der Waals surface area contributed by atoms with E-state index in [4.69, 9.17) is 4.98 Å². The molecule has 0 spiro atoms. The summed E-state index contributed by atoms with van der Waals surface area (Å²) in [6.07, 6.45) is 0. The first kappa shape index (κ1) is 24.0. The Hall–Kier alpha value is -4.61. The Bertz CT molecular complexity index is 2330. The van der Waals surface area contributed by atoms with Crippen molar-refractivity contribution >= 4 is 76.0 Å². The fourth-order valence-electron chi connectivity index (χ4n) is 7.22. The Morgan fingerprint density at radius 1 is 0.595 bits per heavy atom. The number of thiophene rings is 1. The van der Waals surface area contributed by atoms with E-state index in [1.165, 1.54) is 47.5 Å². The summed E-state index contributed by atoms with van der Waals surface area (Å²) in [7, 11) is 0. The van der Waals surface area contributed by atoms with Gasteiger partial charge in [-0.1, -0.05) is 66.7 Å². The molecule has 0 unspecified atom stereocenters. The Balaban J connectivity index is 1.30. The highest BCUT2D eigenvalue weighted by molar-refractivity contribution is 7.26. The maximum atomic E-state index is 5.34. The first-order valence-corrected chi connectivity index (χ1v) is 15.4. The number of fused-ring (bicyclic) bond motifs is 10. The van der Waals surface area contributed by atoms with Crippen molar-refractivity contribution < 1.29 is 0 Å². The van der Waals surface area contributed by atoms with Crippen molar-refractivity contribution in [3.05, 3.63) is 109 Å². The number of hydrogen-bond acceptors (Lipinski definition) is 3. The second-order valence-electron chi connectivity index (χ2n) is 12.5. The van der Waals surface area contributed by atoms with Gasteiger partial charge in [0.15, 0.2) is 0 Å². The third kappa shape index (κ3) is 2.89. The number of rotatable bonds is 2. The summed E-state index contributed by atoms with van der Waals surface area (Å²) >= 11 is 1.88. The number of anilines is 2. The highest BCUT2D eigenvalue weighted by Gasteiger charge is 2.53. The van der Waals surface area contributed by atoms with Crippen LogP contribution in [-0.4, -0.2) is 19.7 Å². The normalized spacial score (nSPS) is 16.0. The Morgan fingerprint density at radius 3 is 1.98 bits per heavy atom. The summed E-state index contributed by atoms with van der Waals surface area (Å²) in [4.78, 5) is 7.81. The standard InChI is InChI=1S/C37H30N4S/c1-36(2)37(3,4)41-33-29(21-20-28-27-16-7-10-19-32(27)42-34(28)33)38-35(41)40(36)24-13-11-12-23(22-24)39-30-17-8-5-14-25(30)26-15-6-9-18-31(26)39/h5-22H,1-4H3. The highest BCUT2D eigenvalue weighted by Crippen LogP contribution is 2.53. The van der Waals surface area contributed by atoms with E-state index in [1.807, 2.05) is 11.3 Å². The second-order valence-corrected chi connectivity index (χ2v) is 13.6. The number of para-hydroxylation sites is 2. The molecule has 0 N–H and O–H groups in total. The van der Waals surface area contributed by atoms with Gasteiger partial charge in [0.25, 0.3) is 0 Å². The average molecular weight is 563 g/mol. The molecule has 9 rings (SSSR count). The van der Waals surface area contributed by atoms with Crippen molar-refractivity contribution in [3.63, 3.8) is 0 Å². The van der Waals surface area contributed by atoms with Crippen LogP contribution in [0.4, 0.5) is 11.6 Å². The third-order valence-electron chi connectivity index (χ3n) is 9.88. The Morgan fingerprint density at radius 2 is 1.24 bits per heavy atom. The molecular formula is C37H30N4S. The molecule has 1 aliphatic heterocycles. The zero-order valence-corrected chi connectivity index (χ0v) is 24.9. The molecule has 0 bridgehead atoms. The van der Waals surface area contributed by atoms with Gasteiger partial charge in [0.2, 0.25) is 5.95 Å². The number of aromatic nitrogens is 3. The molecule has 8 aromatic rings. The topological polar surface area (TPSA) is 26.0 Å². The van der Waals surface area contributed by atoms with Gasteiger partial charge in [-0.15, -0.1) is 11.3 Å². The van der Waals surface area contributed by atoms with E-state index < -0.39 is 0 Å². The van der Waals surface area contributed by atoms with Gasteiger partial charge in [0.05, 0.1) is 37.8 Å². The van der Waals surface area contributed by atoms with Crippen molar-refractivity contribution in [2.24, 2.45) is 0 Å². The molecule has 0 amide bonds. The lowest BCUT2D eigenvalue weighted by Gasteiger charge is -2.41. The van der Waals surface area contributed by atoms with Gasteiger partial charge in [-0.2, -0.15) is 0 Å². The summed E-state index contributed by atoms with van der Waals surface area (Å²) in [6, 6.07) is 39.6. The molecule has 5 heteroatoms. The molecule has 0 fully saturated rings. The molecular weight excluding hydrogens is 533 g/mol. The SMILES string of the molecule is CC1(C)N(c2cccc(-n3c4ccccc4c4ccccc43)c2)c2nc3ccc4c5ccccc5sc4c3n2C1(C)C. The molecule has 0 saturated carbocycles. The summed E-state index contributed by atoms with van der Waals surface area (Å²) in [5.74, 6) is 1.00. The van der Waals surface area contributed by atoms with Crippen molar-refractivity contribution in [2.45, 2.75) is 38.8 Å². The fourth-order valence-corrected chi connectivity index (χ4v) is 8.45. The average Bonchev–Trinajstić information content (AvgIpc) is 3.69. The summed E-state index contributed by atoms with van der Waals surface area (Å²) in [5.41, 5.74) is 6.58. The van der Waals surface area contributed by atoms with E-state index in [-0.39, 0.29) is 11.1 Å². The predicted octanol–water partition coefficient (Wildman–Crippen LogP) is 10.2. The van der Waals surface area contributed by atoms with Crippen LogP contribution in [0.3, 0.4) is 0 Å². The molecule has 0 aliphatic carbocycles. The first-order valence-electron chi connectivity index (χ1n) is 14.6. The maximum Gasteiger partial charge on any atom is 0.212 e. The van der Waals surface area contributed by atoms with Crippen LogP contribution in [-0.2, 0) is 5.54 Å². The number of nitrogens with zero attached hydrogens (tertiary/aromatic N) is 4. The molecule has 0 atom stereocenters. The summed E-state index contributed by atoms with van der Waals surface area (Å²) in [5, 5.41) is 5.18. The van der Waals surface area contributed by atoms with E-state index >= 15 is 0 Å². The number of benzene rings is 5. The molecule has 1 aliphatic rings. The Kier molecular flexibility index (Phi) is 4.59. The van der Waals surface area contributed by atoms with Crippen LogP contribution < -0.4 is 4.90 Å². The lowest BCUT2D eigenvalue weighted by Crippen LogP contribution is -2.50. The molecule has 0 saturated heterocycles. The summed E-state index contributed by atoms with van der Waals surface area (Å²) < 4.78 is 7.54. The van der Waals surface area contributed by atoms with Gasteiger partial charge in [-0.05, 0) is 70.2 Å². The zero-order valence-electron chi connectivity index (χ0n) is 24.1. The smallest absolute Gasteiger partial charge is 0.212 e. The van der Waals surface area contributed by atoms with Crippen molar-refractivity contribution in [2.75, 3.05) is 4.90 Å². The fraction of sp³-hybridized carbons (Fsp3) is 0.162. The van der Waals surface area contributed by atoms with E-state index in [9.17, 15) is 0 Å². The van der Waals surface area contributed by atoms with E-state index in [1.54, 1.807) is 0 Å². The minimum Gasteiger partial charge on any atom is -0.309 e. The molecule has 3 aromatic heterocycles. The zero-order chi connectivity index (χ0) is 28.4. The monoisotopic (exact) mass is 562 g/mol. The molecule has 5 aromatic carbocycles. The molecule has 0 radical (unpaired) electrons. The van der Waals surface area contributed by atoms with E-state index in [0.29, 0.717) is 0 Å². The highest BCUT2D eigenvalue weighted by atomic mass is 32.1. The van der Waals surface area contributed by atoms with Crippen LogP contribution in [0.2, 0.25) is 0 Å². The van der Waals surface area contributed by atoms with Crippen LogP contribution in [0, 0.1) is 0 Å². The third-order valence-corrected chi connectivity index (χ3v) is 11.1. The minimum absolute atomic E-state index is 0.218. The largest absolute Gasteiger partial charge is 0.309 e. The van der Waals surface area contributed by atoms with Gasteiger partial charge < -0.3 is 14.0 Å². The summed E-state index contributed by atoms with van der Waals surface area (Å²) in [6.45, 7) is 9.43. The maximum absolute atomic E-state index is 5.34. The molecule has 42 heavy (non-hydrogen) atoms. The Labute approximate surface area is 248 Å². The predicted molar refractivity (Wildman–Crippen MR) is 179 cm³/mol. The van der Waals surface area contributed by atoms with E-state index in [0.717, 1.165) is 22.8 Å². The van der Waals surface area contributed by atoms with Gasteiger partial charge >= 0.3 is 0 Å². The van der Waals surface area contributed by atoms with Crippen molar-refractivity contribution in [3.8, 4) is 5.69 Å². The molecule has 4 nitrogen and oxygen atoms in total. The lowest BCUT2D eigenvalue weighted by atomic mass is 9.82. The van der Waals surface area contributed by atoms with Crippen LogP contribution in [0.1, 0.15) is 27.7 Å². The van der Waals surface area contributed by atoms with Gasteiger partial charge in [-0.3, -0.25) is 0 Å². The van der Waals surface area contributed by atoms with Crippen LogP contribution in [0.5, 0.6) is 0 Å². The molecule has 204 valence electrons. The van der Waals surface area contributed by atoms with Crippen LogP contribution >= 0.6 is 11.3 Å². The van der Waals surface area contributed by atoms with Crippen LogP contribution in [0.15, 0.2) is 109 Å². The molecule has 4 heterocycles. The van der Waals surface area contributed by atoms with Gasteiger partial charge in [0.1, 0.15) is 0 Å². The van der Waals surface area contributed by atoms with Crippen molar-refractivity contribution in [1.29, 1.82) is 0 Å². The van der Waals surface area contributed by atoms with Crippen molar-refractivity contribution in [1.82, 2.24) is 14.1 Å². The number of hydrogen-bond donors (Lipinski definition) is 0. The lowest BCUT2D eigenvalue weighted by molar-refractivity contribution is 0.253. The first-order chi connectivity index (χ1) is 20.4. The second kappa shape index (κ2) is 8.02.